The van der Waals surface area contributed by atoms with Crippen molar-refractivity contribution in [3.8, 4) is 0 Å². The van der Waals surface area contributed by atoms with Crippen molar-refractivity contribution in [2.75, 3.05) is 0 Å². The summed E-state index contributed by atoms with van der Waals surface area (Å²) in [5.41, 5.74) is 0.360. The molecule has 1 aliphatic rings. The minimum atomic E-state index is -1.58. The van der Waals surface area contributed by atoms with Crippen molar-refractivity contribution in [3.63, 3.8) is 0 Å². The number of hydrogen-bond donors (Lipinski definition) is 3. The number of aliphatic carboxylic acids is 2. The Balaban J connectivity index is 2.15. The van der Waals surface area contributed by atoms with E-state index >= 15 is 0 Å². The van der Waals surface area contributed by atoms with Gasteiger partial charge in [0.05, 0.1) is 4.90 Å². The number of aromatic nitrogens is 1. The van der Waals surface area contributed by atoms with Crippen LogP contribution in [0.2, 0.25) is 0 Å². The van der Waals surface area contributed by atoms with Gasteiger partial charge in [0.2, 0.25) is 0 Å². The molecule has 3 rings (SSSR count). The van der Waals surface area contributed by atoms with Gasteiger partial charge in [-0.25, -0.2) is 4.79 Å². The normalized spacial score (nSPS) is 21.5. The van der Waals surface area contributed by atoms with Gasteiger partial charge in [0, 0.05) is 11.2 Å². The Bertz CT molecular complexity index is 745. The fourth-order valence-corrected chi connectivity index (χ4v) is 2.45. The summed E-state index contributed by atoms with van der Waals surface area (Å²) in [6, 6.07) is 8.74. The number of carbonyl (C=O) groups is 2. The third-order valence-electron chi connectivity index (χ3n) is 3.35. The summed E-state index contributed by atoms with van der Waals surface area (Å²) < 4.78 is 0. The number of carboxylic acids is 2. The molecule has 21 heavy (non-hydrogen) atoms. The van der Waals surface area contributed by atoms with Crippen LogP contribution < -0.4 is 0 Å². The van der Waals surface area contributed by atoms with Crippen molar-refractivity contribution in [1.82, 2.24) is 4.98 Å². The van der Waals surface area contributed by atoms with Gasteiger partial charge in [-0.1, -0.05) is 18.2 Å². The first-order chi connectivity index (χ1) is 9.99. The first-order valence-electron chi connectivity index (χ1n) is 6.03. The van der Waals surface area contributed by atoms with Gasteiger partial charge in [-0.2, -0.15) is 0 Å². The number of aromatic amines is 1. The molecule has 8 nitrogen and oxygen atoms in total. The van der Waals surface area contributed by atoms with Crippen LogP contribution in [0.5, 0.6) is 0 Å². The molecular weight excluding hydrogens is 280 g/mol. The second-order valence-electron chi connectivity index (χ2n) is 4.60. The molecule has 0 fully saturated rings. The molecule has 0 saturated heterocycles. The van der Waals surface area contributed by atoms with Gasteiger partial charge in [-0.15, -0.1) is 0 Å². The van der Waals surface area contributed by atoms with E-state index in [1.54, 1.807) is 30.3 Å². The average Bonchev–Trinajstić information content (AvgIpc) is 2.98. The summed E-state index contributed by atoms with van der Waals surface area (Å²) in [5, 5.41) is 30.6. The lowest BCUT2D eigenvalue weighted by atomic mass is 9.93. The number of benzene rings is 1. The summed E-state index contributed by atoms with van der Waals surface area (Å²) in [6.07, 6.45) is -1.58. The number of para-hydroxylation sites is 1. The van der Waals surface area contributed by atoms with Crippen LogP contribution in [0.15, 0.2) is 30.3 Å². The fraction of sp³-hybridized carbons (Fsp3) is 0.154. The maximum atomic E-state index is 11.5. The second kappa shape index (κ2) is 4.51. The van der Waals surface area contributed by atoms with Crippen molar-refractivity contribution < 1.29 is 29.5 Å². The maximum Gasteiger partial charge on any atom is 0.403 e. The quantitative estimate of drug-likeness (QED) is 0.714. The van der Waals surface area contributed by atoms with E-state index < -0.39 is 29.7 Å². The largest absolute Gasteiger partial charge is 0.480 e. The molecule has 1 aromatic heterocycles. The molecular formula is C13H10N2O6. The summed E-state index contributed by atoms with van der Waals surface area (Å²) in [7, 11) is 0. The van der Waals surface area contributed by atoms with E-state index in [2.05, 4.69) is 9.82 Å². The molecule has 1 aliphatic heterocycles. The van der Waals surface area contributed by atoms with Crippen LogP contribution in [0.1, 0.15) is 11.6 Å². The molecule has 0 radical (unpaired) electrons. The topological polar surface area (TPSA) is 126 Å². The van der Waals surface area contributed by atoms with E-state index in [-0.39, 0.29) is 4.90 Å². The van der Waals surface area contributed by atoms with E-state index in [0.29, 0.717) is 11.2 Å². The molecule has 0 spiro atoms. The zero-order valence-electron chi connectivity index (χ0n) is 10.5. The van der Waals surface area contributed by atoms with Gasteiger partial charge in [0.25, 0.3) is 0 Å². The van der Waals surface area contributed by atoms with Crippen molar-refractivity contribution in [3.05, 3.63) is 41.2 Å². The Morgan fingerprint density at radius 1 is 1.29 bits per heavy atom. The summed E-state index contributed by atoms with van der Waals surface area (Å²) >= 11 is 0. The number of fused-ring (bicyclic) bond motifs is 1. The average molecular weight is 290 g/mol. The van der Waals surface area contributed by atoms with Crippen LogP contribution in [0, 0.1) is 5.21 Å². The van der Waals surface area contributed by atoms with Crippen molar-refractivity contribution in [1.29, 1.82) is 0 Å². The van der Waals surface area contributed by atoms with Crippen LogP contribution in [0.25, 0.3) is 10.9 Å². The molecule has 0 amide bonds. The van der Waals surface area contributed by atoms with Crippen molar-refractivity contribution in [2.24, 2.45) is 0 Å². The monoisotopic (exact) mass is 290 g/mol. The van der Waals surface area contributed by atoms with Crippen LogP contribution in [0.3, 0.4) is 0 Å². The Hall–Kier alpha value is -3.03. The van der Waals surface area contributed by atoms with Gasteiger partial charge < -0.3 is 20.0 Å². The Labute approximate surface area is 117 Å². The highest BCUT2D eigenvalue weighted by Gasteiger charge is 2.49. The molecule has 2 heterocycles. The lowest BCUT2D eigenvalue weighted by Crippen LogP contribution is -2.32. The minimum absolute atomic E-state index is 0.239. The van der Waals surface area contributed by atoms with Crippen molar-refractivity contribution in [2.45, 2.75) is 12.0 Å². The smallest absolute Gasteiger partial charge is 0.403 e. The molecule has 2 unspecified atom stereocenters. The predicted octanol–water partition coefficient (Wildman–Crippen LogP) is 0.686. The molecule has 108 valence electrons. The van der Waals surface area contributed by atoms with Gasteiger partial charge in [-0.05, 0) is 17.5 Å². The number of nitrogens with one attached hydrogen (secondary N) is 1. The molecule has 0 aliphatic carbocycles. The Kier molecular flexibility index (Phi) is 2.79. The molecule has 3 N–H and O–H groups in total. The molecule has 8 heteroatoms. The van der Waals surface area contributed by atoms with Gasteiger partial charge >= 0.3 is 17.7 Å². The lowest BCUT2D eigenvalue weighted by molar-refractivity contribution is -0.736. The summed E-state index contributed by atoms with van der Waals surface area (Å²) in [6.45, 7) is 0. The highest BCUT2D eigenvalue weighted by atomic mass is 16.9. The van der Waals surface area contributed by atoms with Crippen LogP contribution in [-0.4, -0.2) is 43.9 Å². The Morgan fingerprint density at radius 2 is 2.00 bits per heavy atom. The van der Waals surface area contributed by atoms with Crippen LogP contribution in [0.4, 0.5) is 0 Å². The van der Waals surface area contributed by atoms with E-state index in [9.17, 15) is 14.8 Å². The van der Waals surface area contributed by atoms with Crippen LogP contribution in [-0.2, 0) is 14.4 Å². The van der Waals surface area contributed by atoms with E-state index in [1.165, 1.54) is 0 Å². The highest BCUT2D eigenvalue weighted by Crippen LogP contribution is 2.31. The van der Waals surface area contributed by atoms with Gasteiger partial charge in [-0.3, -0.25) is 10.0 Å². The van der Waals surface area contributed by atoms with E-state index in [4.69, 9.17) is 10.2 Å². The molecule has 0 saturated carbocycles. The first-order valence-corrected chi connectivity index (χ1v) is 6.03. The number of hydrogen-bond acceptors (Lipinski definition) is 4. The number of carboxylic acid groups (broad SMARTS) is 2. The predicted molar refractivity (Wildman–Crippen MR) is 69.8 cm³/mol. The number of rotatable bonds is 3. The fourth-order valence-electron chi connectivity index (χ4n) is 2.45. The Morgan fingerprint density at radius 3 is 2.62 bits per heavy atom. The molecule has 1 aromatic carbocycles. The van der Waals surface area contributed by atoms with E-state index in [1.807, 2.05) is 0 Å². The number of H-pyrrole nitrogens is 1. The van der Waals surface area contributed by atoms with Crippen molar-refractivity contribution >= 4 is 28.6 Å². The first kappa shape index (κ1) is 13.0. The summed E-state index contributed by atoms with van der Waals surface area (Å²) in [5.74, 6) is -4.13. The number of nitrogens with zero attached hydrogens (tertiary/aromatic N) is 1. The highest BCUT2D eigenvalue weighted by molar-refractivity contribution is 6.36. The molecule has 2 aromatic rings. The maximum absolute atomic E-state index is 11.5. The van der Waals surface area contributed by atoms with E-state index in [0.717, 1.165) is 5.39 Å². The van der Waals surface area contributed by atoms with Crippen LogP contribution >= 0.6 is 0 Å². The SMILES string of the molecule is O=C(O)C1=[N+]([O-])OC(C(=O)O)C1c1cc2ccccc2[nH]1. The van der Waals surface area contributed by atoms with Gasteiger partial charge in [0.15, 0.2) is 6.10 Å². The zero-order chi connectivity index (χ0) is 15.1. The minimum Gasteiger partial charge on any atom is -0.480 e. The third-order valence-corrected chi connectivity index (χ3v) is 3.35. The van der Waals surface area contributed by atoms with Gasteiger partial charge in [0.1, 0.15) is 5.92 Å². The zero-order valence-corrected chi connectivity index (χ0v) is 10.5. The lowest BCUT2D eigenvalue weighted by Gasteiger charge is -2.12. The second-order valence-corrected chi connectivity index (χ2v) is 4.60. The molecule has 0 bridgehead atoms. The summed E-state index contributed by atoms with van der Waals surface area (Å²) in [4.78, 5) is 29.7. The standard InChI is InChI=1S/C13H10N2O6/c16-12(17)10-9(11(13(18)19)21-15(10)20)8-5-6-3-1-2-4-7(6)14-8/h1-5,9,11,14H,(H,16,17)(H,18,19). The molecule has 2 atom stereocenters. The third kappa shape index (κ3) is 1.97.